The number of carbonyl (C=O) groups excluding carboxylic acids is 1. The van der Waals surface area contributed by atoms with Crippen molar-refractivity contribution in [1.82, 2.24) is 19.7 Å². The zero-order valence-corrected chi connectivity index (χ0v) is 19.6. The maximum atomic E-state index is 12.4. The molecule has 8 nitrogen and oxygen atoms in total. The number of aromatic nitrogens is 4. The van der Waals surface area contributed by atoms with Gasteiger partial charge in [0.15, 0.2) is 5.65 Å². The molecule has 1 fully saturated rings. The number of ether oxygens (including phenoxy) is 1. The summed E-state index contributed by atoms with van der Waals surface area (Å²) in [5.41, 5.74) is 9.45. The van der Waals surface area contributed by atoms with Crippen LogP contribution in [0, 0.1) is 5.92 Å². The smallest absolute Gasteiger partial charge is 0.310 e. The molecular formula is C25H25ClN6O2. The lowest BCUT2D eigenvalue weighted by Crippen LogP contribution is -2.40. The van der Waals surface area contributed by atoms with Gasteiger partial charge in [-0.3, -0.25) is 4.79 Å². The third-order valence-electron chi connectivity index (χ3n) is 6.00. The Kier molecular flexibility index (Phi) is 6.06. The molecule has 34 heavy (non-hydrogen) atoms. The van der Waals surface area contributed by atoms with Crippen LogP contribution in [0.25, 0.3) is 28.0 Å². The van der Waals surface area contributed by atoms with E-state index < -0.39 is 0 Å². The molecule has 0 radical (unpaired) electrons. The third kappa shape index (κ3) is 4.17. The number of para-hydroxylation sites is 1. The molecule has 5 rings (SSSR count). The number of anilines is 2. The summed E-state index contributed by atoms with van der Waals surface area (Å²) in [6, 6.07) is 17.1. The first-order valence-corrected chi connectivity index (χ1v) is 11.7. The van der Waals surface area contributed by atoms with Crippen molar-refractivity contribution in [3.8, 4) is 16.9 Å². The van der Waals surface area contributed by atoms with E-state index in [9.17, 15) is 4.79 Å². The van der Waals surface area contributed by atoms with Crippen molar-refractivity contribution in [2.75, 3.05) is 30.3 Å². The highest BCUT2D eigenvalue weighted by molar-refractivity contribution is 6.30. The first-order chi connectivity index (χ1) is 16.5. The molecule has 0 aliphatic carbocycles. The Morgan fingerprint density at radius 3 is 2.65 bits per heavy atom. The van der Waals surface area contributed by atoms with Crippen molar-refractivity contribution in [1.29, 1.82) is 0 Å². The Morgan fingerprint density at radius 1 is 1.15 bits per heavy atom. The monoisotopic (exact) mass is 476 g/mol. The van der Waals surface area contributed by atoms with Gasteiger partial charge in [-0.25, -0.2) is 9.67 Å². The molecule has 3 heterocycles. The molecule has 1 aliphatic heterocycles. The van der Waals surface area contributed by atoms with E-state index in [-0.39, 0.29) is 11.9 Å². The fourth-order valence-corrected chi connectivity index (χ4v) is 4.46. The van der Waals surface area contributed by atoms with Gasteiger partial charge in [-0.15, -0.1) is 5.10 Å². The standard InChI is InChI=1S/C25H25ClN6O2/c1-2-34-24(33)17-7-6-14-31(15-17)25-28-21(16-10-12-18(26)13-11-16)20-22(27)32(30-23(20)29-25)19-8-4-3-5-9-19/h3-5,8-13,17H,2,6-7,14-15,27H2,1H3/t17-/m1/s1. The van der Waals surface area contributed by atoms with Gasteiger partial charge in [0, 0.05) is 23.7 Å². The van der Waals surface area contributed by atoms with Gasteiger partial charge in [-0.2, -0.15) is 4.98 Å². The molecular weight excluding hydrogens is 452 g/mol. The van der Waals surface area contributed by atoms with Gasteiger partial charge in [0.05, 0.1) is 29.3 Å². The first kappa shape index (κ1) is 22.2. The molecule has 4 aromatic rings. The predicted octanol–water partition coefficient (Wildman–Crippen LogP) is 4.50. The van der Waals surface area contributed by atoms with Crippen LogP contribution in [0.2, 0.25) is 5.02 Å². The van der Waals surface area contributed by atoms with E-state index in [1.807, 2.05) is 66.4 Å². The van der Waals surface area contributed by atoms with E-state index in [2.05, 4.69) is 0 Å². The van der Waals surface area contributed by atoms with Crippen molar-refractivity contribution in [3.05, 3.63) is 59.6 Å². The summed E-state index contributed by atoms with van der Waals surface area (Å²) in [7, 11) is 0. The Morgan fingerprint density at radius 2 is 1.91 bits per heavy atom. The summed E-state index contributed by atoms with van der Waals surface area (Å²) in [5.74, 6) is 0.590. The molecule has 9 heteroatoms. The van der Waals surface area contributed by atoms with Crippen LogP contribution in [0.4, 0.5) is 11.8 Å². The minimum atomic E-state index is -0.209. The molecule has 0 unspecified atom stereocenters. The van der Waals surface area contributed by atoms with Gasteiger partial charge < -0.3 is 15.4 Å². The number of nitrogens with two attached hydrogens (primary N) is 1. The highest BCUT2D eigenvalue weighted by Gasteiger charge is 2.29. The minimum absolute atomic E-state index is 0.177. The van der Waals surface area contributed by atoms with Gasteiger partial charge in [0.1, 0.15) is 5.82 Å². The summed E-state index contributed by atoms with van der Waals surface area (Å²) in [5, 5.41) is 6.03. The average Bonchev–Trinajstić information content (AvgIpc) is 3.21. The Bertz CT molecular complexity index is 1320. The Hall–Kier alpha value is -3.65. The summed E-state index contributed by atoms with van der Waals surface area (Å²) < 4.78 is 6.94. The maximum Gasteiger partial charge on any atom is 0.310 e. The van der Waals surface area contributed by atoms with E-state index in [0.29, 0.717) is 46.7 Å². The van der Waals surface area contributed by atoms with Gasteiger partial charge >= 0.3 is 5.97 Å². The highest BCUT2D eigenvalue weighted by atomic mass is 35.5. The minimum Gasteiger partial charge on any atom is -0.466 e. The molecule has 0 bridgehead atoms. The molecule has 1 aliphatic rings. The Balaban J connectivity index is 1.64. The number of rotatable bonds is 5. The van der Waals surface area contributed by atoms with Gasteiger partial charge in [-0.05, 0) is 44.0 Å². The molecule has 174 valence electrons. The molecule has 0 amide bonds. The van der Waals surface area contributed by atoms with Crippen molar-refractivity contribution in [2.45, 2.75) is 19.8 Å². The van der Waals surface area contributed by atoms with Crippen LogP contribution in [0.3, 0.4) is 0 Å². The van der Waals surface area contributed by atoms with Crippen LogP contribution in [-0.4, -0.2) is 45.4 Å². The maximum absolute atomic E-state index is 12.4. The van der Waals surface area contributed by atoms with Crippen molar-refractivity contribution < 1.29 is 9.53 Å². The normalized spacial score (nSPS) is 16.1. The first-order valence-electron chi connectivity index (χ1n) is 11.3. The second-order valence-corrected chi connectivity index (χ2v) is 8.68. The number of hydrogen-bond donors (Lipinski definition) is 1. The summed E-state index contributed by atoms with van der Waals surface area (Å²) in [4.78, 5) is 24.1. The SMILES string of the molecule is CCOC(=O)[C@@H]1CCCN(c2nc(-c3ccc(Cl)cc3)c3c(N)n(-c4ccccc4)nc3n2)C1. The van der Waals surface area contributed by atoms with E-state index in [0.717, 1.165) is 30.6 Å². The molecule has 2 N–H and O–H groups in total. The van der Waals surface area contributed by atoms with E-state index in [1.54, 1.807) is 4.68 Å². The van der Waals surface area contributed by atoms with Crippen LogP contribution in [0.5, 0.6) is 0 Å². The lowest BCUT2D eigenvalue weighted by atomic mass is 9.98. The van der Waals surface area contributed by atoms with Crippen LogP contribution in [-0.2, 0) is 9.53 Å². The fraction of sp³-hybridized carbons (Fsp3) is 0.280. The highest BCUT2D eigenvalue weighted by Crippen LogP contribution is 2.34. The van der Waals surface area contributed by atoms with Crippen molar-refractivity contribution in [2.24, 2.45) is 5.92 Å². The number of fused-ring (bicyclic) bond motifs is 1. The third-order valence-corrected chi connectivity index (χ3v) is 6.25. The molecule has 2 aromatic carbocycles. The molecule has 1 atom stereocenters. The summed E-state index contributed by atoms with van der Waals surface area (Å²) in [6.45, 7) is 3.44. The largest absolute Gasteiger partial charge is 0.466 e. The van der Waals surface area contributed by atoms with Crippen LogP contribution in [0.15, 0.2) is 54.6 Å². The number of carbonyl (C=O) groups is 1. The summed E-state index contributed by atoms with van der Waals surface area (Å²) >= 11 is 6.13. The van der Waals surface area contributed by atoms with E-state index in [4.69, 9.17) is 37.1 Å². The number of hydrogen-bond acceptors (Lipinski definition) is 7. The van der Waals surface area contributed by atoms with Crippen LogP contribution < -0.4 is 10.6 Å². The van der Waals surface area contributed by atoms with Gasteiger partial charge in [-0.1, -0.05) is 41.9 Å². The summed E-state index contributed by atoms with van der Waals surface area (Å²) in [6.07, 6.45) is 1.64. The molecule has 0 saturated carbocycles. The zero-order chi connectivity index (χ0) is 23.7. The fourth-order valence-electron chi connectivity index (χ4n) is 4.34. The number of nitrogens with zero attached hydrogens (tertiary/aromatic N) is 5. The van der Waals surface area contributed by atoms with Crippen molar-refractivity contribution in [3.63, 3.8) is 0 Å². The predicted molar refractivity (Wildman–Crippen MR) is 133 cm³/mol. The molecule has 0 spiro atoms. The van der Waals surface area contributed by atoms with Gasteiger partial charge in [0.2, 0.25) is 5.95 Å². The zero-order valence-electron chi connectivity index (χ0n) is 18.8. The average molecular weight is 477 g/mol. The lowest BCUT2D eigenvalue weighted by molar-refractivity contribution is -0.148. The van der Waals surface area contributed by atoms with Gasteiger partial charge in [0.25, 0.3) is 0 Å². The topological polar surface area (TPSA) is 99.2 Å². The number of esters is 1. The van der Waals surface area contributed by atoms with E-state index >= 15 is 0 Å². The quantitative estimate of drug-likeness (QED) is 0.423. The number of benzene rings is 2. The van der Waals surface area contributed by atoms with Crippen LogP contribution >= 0.6 is 11.6 Å². The molecule has 1 saturated heterocycles. The van der Waals surface area contributed by atoms with E-state index in [1.165, 1.54) is 0 Å². The second-order valence-electron chi connectivity index (χ2n) is 8.25. The number of halogens is 1. The lowest BCUT2D eigenvalue weighted by Gasteiger charge is -2.31. The molecule has 2 aromatic heterocycles. The van der Waals surface area contributed by atoms with Crippen molar-refractivity contribution >= 4 is 40.4 Å². The number of piperidine rings is 1. The number of nitrogen functional groups attached to an aromatic ring is 1. The Labute approximate surface area is 202 Å². The van der Waals surface area contributed by atoms with Crippen LogP contribution in [0.1, 0.15) is 19.8 Å². The second kappa shape index (κ2) is 9.30.